The molecule has 0 aromatic heterocycles. The van der Waals surface area contributed by atoms with Gasteiger partial charge in [-0.3, -0.25) is 0 Å². The molecular weight excluding hydrogens is 560 g/mol. The fraction of sp³-hybridized carbons (Fsp3) is 0. The first-order valence-corrected chi connectivity index (χ1v) is 15.6. The van der Waals surface area contributed by atoms with Crippen LogP contribution in [-0.2, 0) is 0 Å². The summed E-state index contributed by atoms with van der Waals surface area (Å²) in [7, 11) is 0. The highest BCUT2D eigenvalue weighted by Gasteiger charge is 2.22. The molecule has 0 unspecified atom stereocenters. The summed E-state index contributed by atoms with van der Waals surface area (Å²) in [5.41, 5.74) is 4.44. The van der Waals surface area contributed by atoms with E-state index in [0.29, 0.717) is 10.8 Å². The third-order valence-corrected chi connectivity index (χ3v) is 9.93. The number of hydrogen-bond donors (Lipinski definition) is 2. The molecule has 0 atom stereocenters. The summed E-state index contributed by atoms with van der Waals surface area (Å²) in [5, 5.41) is 37.4. The normalized spacial score (nSPS) is 12.1. The lowest BCUT2D eigenvalue weighted by atomic mass is 9.86. The van der Waals surface area contributed by atoms with Gasteiger partial charge in [0.15, 0.2) is 11.5 Å². The monoisotopic (exact) mass is 586 g/mol. The Kier molecular flexibility index (Phi) is 5.05. The van der Waals surface area contributed by atoms with E-state index in [-0.39, 0.29) is 11.5 Å². The van der Waals surface area contributed by atoms with E-state index in [4.69, 9.17) is 0 Å². The number of hydrogen-bond acceptors (Lipinski definition) is 2. The standard InChI is InChI=1S/C44H26O2/c45-43-41-36-18-16-32(34-14-6-12-30-20-26-8-2-4-10-28(26)22-38(30)34)24-40(36)42(44(43)46)35-17-15-31(23-39(35)41)33-13-5-11-29-19-25-7-1-3-9-27(25)21-37(29)33/h1-24,45-46H. The molecule has 0 fully saturated rings. The van der Waals surface area contributed by atoms with Gasteiger partial charge in [0.25, 0.3) is 0 Å². The quantitative estimate of drug-likeness (QED) is 0.156. The fourth-order valence-electron chi connectivity index (χ4n) is 7.75. The molecule has 0 amide bonds. The molecule has 0 saturated carbocycles. The number of benzene rings is 11. The molecule has 11 aromatic carbocycles. The van der Waals surface area contributed by atoms with Crippen LogP contribution in [0.1, 0.15) is 0 Å². The van der Waals surface area contributed by atoms with Gasteiger partial charge in [-0.05, 0) is 123 Å². The molecule has 0 spiro atoms. The number of fused-ring (bicyclic) bond motifs is 5. The third kappa shape index (κ3) is 3.47. The summed E-state index contributed by atoms with van der Waals surface area (Å²) in [5.74, 6) is -0.110. The molecule has 2 nitrogen and oxygen atoms in total. The smallest absolute Gasteiger partial charge is 0.166 e. The molecule has 0 aliphatic rings. The molecule has 11 aromatic rings. The largest absolute Gasteiger partial charge is 0.504 e. The second-order valence-electron chi connectivity index (χ2n) is 12.4. The molecule has 2 heteroatoms. The first-order chi connectivity index (χ1) is 22.6. The lowest BCUT2D eigenvalue weighted by Gasteiger charge is -2.19. The van der Waals surface area contributed by atoms with Crippen LogP contribution in [0.5, 0.6) is 11.5 Å². The molecule has 2 bridgehead atoms. The second kappa shape index (κ2) is 9.20. The number of aromatic hydroxyl groups is 2. The summed E-state index contributed by atoms with van der Waals surface area (Å²) < 4.78 is 0. The van der Waals surface area contributed by atoms with E-state index in [0.717, 1.165) is 43.8 Å². The number of phenols is 4. The average Bonchev–Trinajstić information content (AvgIpc) is 3.10. The highest BCUT2D eigenvalue weighted by Crippen LogP contribution is 2.52. The average molecular weight is 587 g/mol. The van der Waals surface area contributed by atoms with Gasteiger partial charge in [0.2, 0.25) is 0 Å². The predicted molar refractivity (Wildman–Crippen MR) is 194 cm³/mol. The van der Waals surface area contributed by atoms with Crippen LogP contribution in [0.4, 0.5) is 0 Å². The van der Waals surface area contributed by atoms with Crippen LogP contribution in [0.3, 0.4) is 0 Å². The van der Waals surface area contributed by atoms with E-state index in [9.17, 15) is 10.2 Å². The molecule has 11 rings (SSSR count). The summed E-state index contributed by atoms with van der Waals surface area (Å²) in [4.78, 5) is 0. The molecule has 0 aliphatic heterocycles. The lowest BCUT2D eigenvalue weighted by molar-refractivity contribution is 0.412. The number of rotatable bonds is 2. The molecule has 0 saturated heterocycles. The topological polar surface area (TPSA) is 40.5 Å². The Labute approximate surface area is 264 Å². The van der Waals surface area contributed by atoms with Gasteiger partial charge in [0.1, 0.15) is 0 Å². The van der Waals surface area contributed by atoms with Crippen molar-refractivity contribution in [3.63, 3.8) is 0 Å². The maximum atomic E-state index is 11.3. The Hall–Kier alpha value is -6.12. The van der Waals surface area contributed by atoms with E-state index in [1.54, 1.807) is 0 Å². The van der Waals surface area contributed by atoms with Crippen molar-refractivity contribution < 1.29 is 10.2 Å². The number of phenolic OH excluding ortho intramolecular Hbond substituents is 2. The second-order valence-corrected chi connectivity index (χ2v) is 12.4. The molecule has 0 heterocycles. The van der Waals surface area contributed by atoms with Crippen molar-refractivity contribution in [3.05, 3.63) is 146 Å². The molecule has 46 heavy (non-hydrogen) atoms. The van der Waals surface area contributed by atoms with E-state index in [1.165, 1.54) is 43.1 Å². The zero-order chi connectivity index (χ0) is 30.5. The summed E-state index contributed by atoms with van der Waals surface area (Å²) in [6, 6.07) is 51.6. The SMILES string of the molecule is Oc1c(O)c2c3ccc(-c4cccc5cc6ccccc6cc45)cc3c1c1ccc(-c3cccc4cc5ccccc5cc34)cc12. The van der Waals surface area contributed by atoms with Gasteiger partial charge < -0.3 is 10.2 Å². The van der Waals surface area contributed by atoms with E-state index in [1.807, 2.05) is 0 Å². The summed E-state index contributed by atoms with van der Waals surface area (Å²) in [6.07, 6.45) is 0. The molecule has 2 N–H and O–H groups in total. The first kappa shape index (κ1) is 25.2. The van der Waals surface area contributed by atoms with Gasteiger partial charge >= 0.3 is 0 Å². The van der Waals surface area contributed by atoms with Crippen LogP contribution in [0.25, 0.3) is 97.7 Å². The molecule has 0 aliphatic carbocycles. The van der Waals surface area contributed by atoms with E-state index < -0.39 is 0 Å². The van der Waals surface area contributed by atoms with Crippen molar-refractivity contribution in [3.8, 4) is 33.8 Å². The minimum atomic E-state index is -0.0551. The zero-order valence-electron chi connectivity index (χ0n) is 24.8. The van der Waals surface area contributed by atoms with Crippen LogP contribution >= 0.6 is 0 Å². The fourth-order valence-corrected chi connectivity index (χ4v) is 7.75. The van der Waals surface area contributed by atoms with Crippen molar-refractivity contribution in [1.82, 2.24) is 0 Å². The molecular formula is C44H26O2. The summed E-state index contributed by atoms with van der Waals surface area (Å²) in [6.45, 7) is 0. The highest BCUT2D eigenvalue weighted by atomic mass is 16.3. The highest BCUT2D eigenvalue weighted by molar-refractivity contribution is 6.32. The minimum Gasteiger partial charge on any atom is -0.504 e. The molecule has 214 valence electrons. The van der Waals surface area contributed by atoms with E-state index in [2.05, 4.69) is 146 Å². The molecule has 0 radical (unpaired) electrons. The Morgan fingerprint density at radius 3 is 1.11 bits per heavy atom. The third-order valence-electron chi connectivity index (χ3n) is 9.93. The van der Waals surface area contributed by atoms with Crippen LogP contribution in [0, 0.1) is 0 Å². The van der Waals surface area contributed by atoms with Gasteiger partial charge in [0, 0.05) is 10.8 Å². The van der Waals surface area contributed by atoms with Crippen LogP contribution in [-0.4, -0.2) is 10.2 Å². The first-order valence-electron chi connectivity index (χ1n) is 15.6. The Morgan fingerprint density at radius 1 is 0.283 bits per heavy atom. The summed E-state index contributed by atoms with van der Waals surface area (Å²) >= 11 is 0. The van der Waals surface area contributed by atoms with Gasteiger partial charge in [0.05, 0.1) is 0 Å². The van der Waals surface area contributed by atoms with Crippen molar-refractivity contribution in [2.45, 2.75) is 0 Å². The van der Waals surface area contributed by atoms with Gasteiger partial charge in [-0.25, -0.2) is 0 Å². The maximum Gasteiger partial charge on any atom is 0.166 e. The van der Waals surface area contributed by atoms with E-state index >= 15 is 0 Å². The Morgan fingerprint density at radius 2 is 0.674 bits per heavy atom. The van der Waals surface area contributed by atoms with Crippen molar-refractivity contribution >= 4 is 75.4 Å². The van der Waals surface area contributed by atoms with Crippen LogP contribution < -0.4 is 0 Å². The lowest BCUT2D eigenvalue weighted by Crippen LogP contribution is -1.91. The maximum absolute atomic E-state index is 11.3. The van der Waals surface area contributed by atoms with Crippen molar-refractivity contribution in [1.29, 1.82) is 0 Å². The van der Waals surface area contributed by atoms with Gasteiger partial charge in [-0.2, -0.15) is 0 Å². The zero-order valence-corrected chi connectivity index (χ0v) is 24.8. The van der Waals surface area contributed by atoms with Gasteiger partial charge in [-0.15, -0.1) is 0 Å². The predicted octanol–water partition coefficient (Wildman–Crippen LogP) is 11.9. The van der Waals surface area contributed by atoms with Crippen LogP contribution in [0.2, 0.25) is 0 Å². The van der Waals surface area contributed by atoms with Crippen molar-refractivity contribution in [2.24, 2.45) is 0 Å². The van der Waals surface area contributed by atoms with Crippen molar-refractivity contribution in [2.75, 3.05) is 0 Å². The van der Waals surface area contributed by atoms with Crippen LogP contribution in [0.15, 0.2) is 146 Å². The van der Waals surface area contributed by atoms with Gasteiger partial charge in [-0.1, -0.05) is 109 Å². The minimum absolute atomic E-state index is 0.0551. The Bertz CT molecular complexity index is 2680. The Balaban J connectivity index is 1.20.